The van der Waals surface area contributed by atoms with Crippen LogP contribution in [-0.2, 0) is 0 Å². The van der Waals surface area contributed by atoms with Gasteiger partial charge in [0.15, 0.2) is 8.07 Å². The van der Waals surface area contributed by atoms with Gasteiger partial charge in [-0.3, -0.25) is 0 Å². The predicted octanol–water partition coefficient (Wildman–Crippen LogP) is 5.96. The maximum absolute atomic E-state index is 3.79. The summed E-state index contributed by atoms with van der Waals surface area (Å²) in [4.78, 5) is 2.73. The van der Waals surface area contributed by atoms with Crippen LogP contribution in [0.3, 0.4) is 0 Å². The Kier molecular flexibility index (Phi) is 5.34. The van der Waals surface area contributed by atoms with E-state index in [0.717, 1.165) is 4.47 Å². The van der Waals surface area contributed by atoms with Gasteiger partial charge in [-0.25, -0.2) is 0 Å². The molecule has 0 saturated heterocycles. The van der Waals surface area contributed by atoms with Crippen molar-refractivity contribution >= 4 is 56.5 Å². The van der Waals surface area contributed by atoms with E-state index >= 15 is 0 Å². The molecule has 3 heteroatoms. The molecule has 158 valence electrons. The Morgan fingerprint density at radius 3 is 1.76 bits per heavy atom. The number of hydrogen-bond donors (Lipinski definition) is 0. The fourth-order valence-corrected chi connectivity index (χ4v) is 13.0. The lowest BCUT2D eigenvalue weighted by molar-refractivity contribution is 1.42. The predicted molar refractivity (Wildman–Crippen MR) is 147 cm³/mol. The average Bonchev–Trinajstić information content (AvgIpc) is 2.88. The maximum atomic E-state index is 3.79. The minimum atomic E-state index is -2.59. The first-order valence-electron chi connectivity index (χ1n) is 11.1. The van der Waals surface area contributed by atoms with E-state index in [1.54, 1.807) is 0 Å². The van der Waals surface area contributed by atoms with E-state index in [4.69, 9.17) is 0 Å². The Hall–Kier alpha value is -2.85. The molecule has 0 spiro atoms. The summed E-state index contributed by atoms with van der Waals surface area (Å²) >= 11 is 5.69. The molecular formula is C30H21BrSSi. The molecule has 5 aromatic carbocycles. The van der Waals surface area contributed by atoms with Crippen molar-refractivity contribution in [3.63, 3.8) is 0 Å². The van der Waals surface area contributed by atoms with Gasteiger partial charge in [-0.1, -0.05) is 131 Å². The van der Waals surface area contributed by atoms with Gasteiger partial charge in [0.25, 0.3) is 0 Å². The van der Waals surface area contributed by atoms with Gasteiger partial charge in [-0.05, 0) is 56.1 Å². The zero-order valence-corrected chi connectivity index (χ0v) is 21.3. The Morgan fingerprint density at radius 2 is 1.09 bits per heavy atom. The second-order valence-electron chi connectivity index (χ2n) is 8.27. The van der Waals surface area contributed by atoms with E-state index in [2.05, 4.69) is 143 Å². The summed E-state index contributed by atoms with van der Waals surface area (Å²) in [5.41, 5.74) is 2.59. The molecule has 0 radical (unpaired) electrons. The lowest BCUT2D eigenvalue weighted by Crippen LogP contribution is -2.76. The molecule has 0 unspecified atom stereocenters. The van der Waals surface area contributed by atoms with Crippen molar-refractivity contribution in [1.29, 1.82) is 0 Å². The Balaban J connectivity index is 1.81. The first-order valence-corrected chi connectivity index (χ1v) is 14.7. The SMILES string of the molecule is Brc1cccc([Si]2(c3ccccc3-c3ccccc3)c3ccccc3Sc3ccccc32)c1. The summed E-state index contributed by atoms with van der Waals surface area (Å²) in [5.74, 6) is 0. The van der Waals surface area contributed by atoms with E-state index in [1.165, 1.54) is 41.7 Å². The summed E-state index contributed by atoms with van der Waals surface area (Å²) < 4.78 is 1.12. The van der Waals surface area contributed by atoms with Crippen molar-refractivity contribution in [3.05, 3.63) is 132 Å². The largest absolute Gasteiger partial charge is 0.182 e. The highest BCUT2D eigenvalue weighted by Gasteiger charge is 2.47. The zero-order chi connectivity index (χ0) is 22.3. The first kappa shape index (κ1) is 20.7. The number of halogens is 1. The summed E-state index contributed by atoms with van der Waals surface area (Å²) in [5, 5.41) is 5.78. The molecule has 1 aliphatic heterocycles. The number of rotatable bonds is 3. The highest BCUT2D eigenvalue weighted by molar-refractivity contribution is 9.10. The van der Waals surface area contributed by atoms with E-state index in [0.29, 0.717) is 0 Å². The van der Waals surface area contributed by atoms with Crippen molar-refractivity contribution in [1.82, 2.24) is 0 Å². The number of benzene rings is 5. The average molecular weight is 522 g/mol. The molecule has 0 N–H and O–H groups in total. The lowest BCUT2D eigenvalue weighted by atomic mass is 10.1. The molecule has 0 aliphatic carbocycles. The van der Waals surface area contributed by atoms with Gasteiger partial charge in [0.2, 0.25) is 0 Å². The monoisotopic (exact) mass is 520 g/mol. The van der Waals surface area contributed by atoms with Gasteiger partial charge in [-0.15, -0.1) is 0 Å². The van der Waals surface area contributed by atoms with Gasteiger partial charge in [-0.2, -0.15) is 0 Å². The van der Waals surface area contributed by atoms with E-state index in [9.17, 15) is 0 Å². The quantitative estimate of drug-likeness (QED) is 0.259. The normalized spacial score (nSPS) is 13.7. The molecule has 5 aromatic rings. The first-order chi connectivity index (χ1) is 16.3. The van der Waals surface area contributed by atoms with Crippen molar-refractivity contribution in [3.8, 4) is 11.1 Å². The summed E-state index contributed by atoms with van der Waals surface area (Å²) in [6.07, 6.45) is 0. The molecule has 0 aromatic heterocycles. The molecule has 1 aliphatic rings. The van der Waals surface area contributed by atoms with Crippen LogP contribution in [-0.4, -0.2) is 8.07 Å². The van der Waals surface area contributed by atoms with E-state index in [1.807, 2.05) is 11.8 Å². The molecular weight excluding hydrogens is 500 g/mol. The lowest BCUT2D eigenvalue weighted by Gasteiger charge is -2.41. The third-order valence-corrected chi connectivity index (χ3v) is 13.4. The highest BCUT2D eigenvalue weighted by atomic mass is 79.9. The standard InChI is InChI=1S/C30H21BrSSi/c31-23-13-10-14-24(21-23)33(28-18-7-4-15-25(28)22-11-2-1-3-12-22)29-19-8-5-16-26(29)32-27-17-6-9-20-30(27)33/h1-21H. The smallest absolute Gasteiger partial charge is 0.0903 e. The Labute approximate surface area is 208 Å². The van der Waals surface area contributed by atoms with Gasteiger partial charge < -0.3 is 0 Å². The molecule has 0 saturated carbocycles. The topological polar surface area (TPSA) is 0 Å². The fraction of sp³-hybridized carbons (Fsp3) is 0. The highest BCUT2D eigenvalue weighted by Crippen LogP contribution is 2.34. The number of hydrogen-bond acceptors (Lipinski definition) is 1. The van der Waals surface area contributed by atoms with Gasteiger partial charge in [0.1, 0.15) is 0 Å². The third-order valence-electron chi connectivity index (χ3n) is 6.48. The zero-order valence-electron chi connectivity index (χ0n) is 17.9. The summed E-state index contributed by atoms with van der Waals surface area (Å²) in [7, 11) is -2.59. The molecule has 0 fully saturated rings. The number of fused-ring (bicyclic) bond motifs is 2. The van der Waals surface area contributed by atoms with Crippen LogP contribution < -0.4 is 20.7 Å². The molecule has 6 rings (SSSR count). The molecule has 0 bridgehead atoms. The van der Waals surface area contributed by atoms with Crippen molar-refractivity contribution < 1.29 is 0 Å². The molecule has 0 nitrogen and oxygen atoms in total. The van der Waals surface area contributed by atoms with Crippen LogP contribution >= 0.6 is 27.7 Å². The van der Waals surface area contributed by atoms with Crippen molar-refractivity contribution in [2.24, 2.45) is 0 Å². The van der Waals surface area contributed by atoms with Crippen LogP contribution in [0, 0.1) is 0 Å². The summed E-state index contributed by atoms with van der Waals surface area (Å²) in [6.45, 7) is 0. The second-order valence-corrected chi connectivity index (χ2v) is 14.0. The van der Waals surface area contributed by atoms with E-state index in [-0.39, 0.29) is 0 Å². The van der Waals surface area contributed by atoms with Crippen molar-refractivity contribution in [2.45, 2.75) is 9.79 Å². The maximum Gasteiger partial charge on any atom is 0.182 e. The van der Waals surface area contributed by atoms with Crippen LogP contribution in [0.5, 0.6) is 0 Å². The Morgan fingerprint density at radius 1 is 0.515 bits per heavy atom. The molecule has 0 amide bonds. The molecule has 1 heterocycles. The minimum absolute atomic E-state index is 1.12. The van der Waals surface area contributed by atoms with Crippen LogP contribution in [0.2, 0.25) is 0 Å². The van der Waals surface area contributed by atoms with Crippen molar-refractivity contribution in [2.75, 3.05) is 0 Å². The van der Waals surface area contributed by atoms with Gasteiger partial charge in [0.05, 0.1) is 0 Å². The fourth-order valence-electron chi connectivity index (χ4n) is 5.15. The molecule has 0 atom stereocenters. The third kappa shape index (κ3) is 3.34. The van der Waals surface area contributed by atoms with Crippen LogP contribution in [0.4, 0.5) is 0 Å². The Bertz CT molecular complexity index is 1420. The van der Waals surface area contributed by atoms with E-state index < -0.39 is 8.07 Å². The second kappa shape index (κ2) is 8.49. The van der Waals surface area contributed by atoms with Gasteiger partial charge in [0, 0.05) is 14.3 Å². The van der Waals surface area contributed by atoms with Gasteiger partial charge >= 0.3 is 0 Å². The minimum Gasteiger partial charge on any atom is -0.0903 e. The van der Waals surface area contributed by atoms with Crippen LogP contribution in [0.25, 0.3) is 11.1 Å². The van der Waals surface area contributed by atoms with Crippen LogP contribution in [0.1, 0.15) is 0 Å². The summed E-state index contributed by atoms with van der Waals surface area (Å²) in [6, 6.07) is 47.0. The van der Waals surface area contributed by atoms with Crippen LogP contribution in [0.15, 0.2) is 142 Å². The molecule has 33 heavy (non-hydrogen) atoms.